The predicted octanol–water partition coefficient (Wildman–Crippen LogP) is 2.68. The Labute approximate surface area is 125 Å². The van der Waals surface area contributed by atoms with Crippen LogP contribution in [0.5, 0.6) is 0 Å². The molecule has 1 aliphatic rings. The van der Waals surface area contributed by atoms with Crippen LogP contribution in [0.15, 0.2) is 30.5 Å². The number of carbonyl (C=O) groups is 1. The summed E-state index contributed by atoms with van der Waals surface area (Å²) in [5.41, 5.74) is 1.69. The van der Waals surface area contributed by atoms with Gasteiger partial charge in [0.1, 0.15) is 16.3 Å². The van der Waals surface area contributed by atoms with Crippen molar-refractivity contribution in [3.05, 3.63) is 41.2 Å². The Kier molecular flexibility index (Phi) is 2.78. The highest BCUT2D eigenvalue weighted by Crippen LogP contribution is 2.27. The maximum absolute atomic E-state index is 12.1. The third-order valence-corrected chi connectivity index (χ3v) is 4.60. The van der Waals surface area contributed by atoms with Gasteiger partial charge in [0.2, 0.25) is 0 Å². The zero-order chi connectivity index (χ0) is 14.4. The van der Waals surface area contributed by atoms with Crippen molar-refractivity contribution in [1.29, 1.82) is 0 Å². The summed E-state index contributed by atoms with van der Waals surface area (Å²) in [7, 11) is 0. The molecule has 0 atom stereocenters. The Hall–Kier alpha value is -2.21. The molecule has 6 heteroatoms. The van der Waals surface area contributed by atoms with E-state index in [1.165, 1.54) is 11.3 Å². The van der Waals surface area contributed by atoms with Crippen molar-refractivity contribution >= 4 is 28.4 Å². The van der Waals surface area contributed by atoms with Crippen LogP contribution in [0.4, 0.5) is 0 Å². The maximum Gasteiger partial charge on any atom is 0.261 e. The first-order chi connectivity index (χ1) is 10.2. The number of hydrogen-bond donors (Lipinski definition) is 1. The molecule has 0 aliphatic heterocycles. The fourth-order valence-electron chi connectivity index (χ4n) is 2.34. The Bertz CT molecular complexity index is 831. The molecule has 0 saturated heterocycles. The molecular weight excluding hydrogens is 284 g/mol. The molecule has 1 amide bonds. The average Bonchev–Trinajstić information content (AvgIpc) is 3.03. The van der Waals surface area contributed by atoms with Crippen LogP contribution in [0.3, 0.4) is 0 Å². The van der Waals surface area contributed by atoms with Gasteiger partial charge >= 0.3 is 0 Å². The number of imidazole rings is 1. The van der Waals surface area contributed by atoms with Gasteiger partial charge in [0.25, 0.3) is 5.91 Å². The number of amides is 1. The molecule has 3 heterocycles. The molecule has 1 fully saturated rings. The highest BCUT2D eigenvalue weighted by atomic mass is 32.1. The van der Waals surface area contributed by atoms with Crippen LogP contribution in [-0.2, 0) is 0 Å². The van der Waals surface area contributed by atoms with Crippen LogP contribution in [-0.4, -0.2) is 26.5 Å². The highest BCUT2D eigenvalue weighted by Gasteiger charge is 2.24. The van der Waals surface area contributed by atoms with Gasteiger partial charge in [-0.3, -0.25) is 9.36 Å². The number of fused-ring (bicyclic) bond motifs is 1. The molecule has 0 unspecified atom stereocenters. The zero-order valence-electron chi connectivity index (χ0n) is 11.5. The normalized spacial score (nSPS) is 14.5. The summed E-state index contributed by atoms with van der Waals surface area (Å²) in [6.45, 7) is 1.95. The molecule has 3 aromatic rings. The summed E-state index contributed by atoms with van der Waals surface area (Å²) in [4.78, 5) is 21.7. The molecular formula is C15H14N4OS. The minimum Gasteiger partial charge on any atom is -0.349 e. The van der Waals surface area contributed by atoms with Crippen LogP contribution < -0.4 is 5.32 Å². The van der Waals surface area contributed by atoms with Gasteiger partial charge in [-0.05, 0) is 44.0 Å². The van der Waals surface area contributed by atoms with Crippen molar-refractivity contribution in [2.24, 2.45) is 0 Å². The molecule has 0 radical (unpaired) electrons. The lowest BCUT2D eigenvalue weighted by molar-refractivity contribution is 0.0955. The number of rotatable bonds is 3. The van der Waals surface area contributed by atoms with Crippen molar-refractivity contribution in [1.82, 2.24) is 19.9 Å². The van der Waals surface area contributed by atoms with Crippen LogP contribution >= 0.6 is 11.3 Å². The van der Waals surface area contributed by atoms with E-state index in [2.05, 4.69) is 15.3 Å². The van der Waals surface area contributed by atoms with Crippen molar-refractivity contribution < 1.29 is 4.79 Å². The smallest absolute Gasteiger partial charge is 0.261 e. The molecule has 21 heavy (non-hydrogen) atoms. The fourth-order valence-corrected chi connectivity index (χ4v) is 3.30. The molecule has 1 aliphatic carbocycles. The van der Waals surface area contributed by atoms with E-state index in [-0.39, 0.29) is 5.91 Å². The molecule has 1 N–H and O–H groups in total. The van der Waals surface area contributed by atoms with Gasteiger partial charge in [0.05, 0.1) is 4.88 Å². The van der Waals surface area contributed by atoms with Gasteiger partial charge in [-0.1, -0.05) is 0 Å². The standard InChI is InChI=1S/C15H14N4OS/c1-9-17-11-3-2-8-16-14(11)19(9)13-7-6-12(21-13)15(20)18-10-4-5-10/h2-3,6-8,10H,4-5H2,1H3,(H,18,20). The number of carbonyl (C=O) groups excluding carboxylic acids is 1. The lowest BCUT2D eigenvalue weighted by atomic mass is 10.4. The number of nitrogens with zero attached hydrogens (tertiary/aromatic N) is 3. The first kappa shape index (κ1) is 12.5. The minimum atomic E-state index is 0.0174. The molecule has 1 saturated carbocycles. The second-order valence-electron chi connectivity index (χ2n) is 5.23. The zero-order valence-corrected chi connectivity index (χ0v) is 12.4. The van der Waals surface area contributed by atoms with Gasteiger partial charge in [-0.2, -0.15) is 0 Å². The topological polar surface area (TPSA) is 59.8 Å². The average molecular weight is 298 g/mol. The molecule has 4 rings (SSSR count). The Balaban J connectivity index is 1.73. The van der Waals surface area contributed by atoms with E-state index in [1.807, 2.05) is 35.8 Å². The van der Waals surface area contributed by atoms with Crippen molar-refractivity contribution in [3.8, 4) is 5.00 Å². The van der Waals surface area contributed by atoms with Gasteiger partial charge in [0.15, 0.2) is 5.65 Å². The predicted molar refractivity (Wildman–Crippen MR) is 82.0 cm³/mol. The largest absolute Gasteiger partial charge is 0.349 e. The number of nitrogens with one attached hydrogen (secondary N) is 1. The van der Waals surface area contributed by atoms with Crippen LogP contribution in [0.2, 0.25) is 0 Å². The second kappa shape index (κ2) is 4.66. The third-order valence-electron chi connectivity index (χ3n) is 3.53. The summed E-state index contributed by atoms with van der Waals surface area (Å²) in [5.74, 6) is 0.892. The van der Waals surface area contributed by atoms with Gasteiger partial charge < -0.3 is 5.32 Å². The summed E-state index contributed by atoms with van der Waals surface area (Å²) >= 11 is 1.47. The van der Waals surface area contributed by atoms with E-state index in [0.29, 0.717) is 6.04 Å². The van der Waals surface area contributed by atoms with Crippen molar-refractivity contribution in [3.63, 3.8) is 0 Å². The molecule has 5 nitrogen and oxygen atoms in total. The van der Waals surface area contributed by atoms with E-state index in [4.69, 9.17) is 0 Å². The summed E-state index contributed by atoms with van der Waals surface area (Å²) in [6, 6.07) is 8.02. The van der Waals surface area contributed by atoms with Gasteiger partial charge in [-0.15, -0.1) is 11.3 Å². The Morgan fingerprint density at radius 1 is 1.38 bits per heavy atom. The van der Waals surface area contributed by atoms with Gasteiger partial charge in [0, 0.05) is 12.2 Å². The van der Waals surface area contributed by atoms with E-state index >= 15 is 0 Å². The second-order valence-corrected chi connectivity index (χ2v) is 6.29. The van der Waals surface area contributed by atoms with Crippen molar-refractivity contribution in [2.75, 3.05) is 0 Å². The fraction of sp³-hybridized carbons (Fsp3) is 0.267. The monoisotopic (exact) mass is 298 g/mol. The maximum atomic E-state index is 12.1. The first-order valence-electron chi connectivity index (χ1n) is 6.93. The molecule has 0 spiro atoms. The summed E-state index contributed by atoms with van der Waals surface area (Å²) < 4.78 is 1.99. The lowest BCUT2D eigenvalue weighted by Gasteiger charge is -2.02. The van der Waals surface area contributed by atoms with Crippen LogP contribution in [0, 0.1) is 6.92 Å². The summed E-state index contributed by atoms with van der Waals surface area (Å²) in [6.07, 6.45) is 3.95. The molecule has 106 valence electrons. The number of hydrogen-bond acceptors (Lipinski definition) is 4. The van der Waals surface area contributed by atoms with Crippen LogP contribution in [0.25, 0.3) is 16.2 Å². The Morgan fingerprint density at radius 2 is 2.24 bits per heavy atom. The Morgan fingerprint density at radius 3 is 3.05 bits per heavy atom. The quantitative estimate of drug-likeness (QED) is 0.808. The highest BCUT2D eigenvalue weighted by molar-refractivity contribution is 7.16. The van der Waals surface area contributed by atoms with E-state index < -0.39 is 0 Å². The SMILES string of the molecule is Cc1nc2cccnc2n1-c1ccc(C(=O)NC2CC2)s1. The number of pyridine rings is 1. The van der Waals surface area contributed by atoms with Crippen LogP contribution in [0.1, 0.15) is 28.3 Å². The van der Waals surface area contributed by atoms with Crippen molar-refractivity contribution in [2.45, 2.75) is 25.8 Å². The van der Waals surface area contributed by atoms with E-state index in [1.54, 1.807) is 6.20 Å². The molecule has 0 aromatic carbocycles. The molecule has 0 bridgehead atoms. The van der Waals surface area contributed by atoms with E-state index in [9.17, 15) is 4.79 Å². The van der Waals surface area contributed by atoms with Gasteiger partial charge in [-0.25, -0.2) is 9.97 Å². The third kappa shape index (κ3) is 2.21. The van der Waals surface area contributed by atoms with E-state index in [0.717, 1.165) is 39.7 Å². The molecule has 3 aromatic heterocycles. The lowest BCUT2D eigenvalue weighted by Crippen LogP contribution is -2.24. The number of aryl methyl sites for hydroxylation is 1. The minimum absolute atomic E-state index is 0.0174. The number of thiophene rings is 1. The first-order valence-corrected chi connectivity index (χ1v) is 7.75. The number of aromatic nitrogens is 3. The summed E-state index contributed by atoms with van der Waals surface area (Å²) in [5, 5.41) is 3.98.